The Hall–Kier alpha value is -3.11. The zero-order chi connectivity index (χ0) is 27.4. The van der Waals surface area contributed by atoms with E-state index in [2.05, 4.69) is 57.2 Å². The number of amides is 2. The van der Waals surface area contributed by atoms with E-state index in [1.807, 2.05) is 25.3 Å². The quantitative estimate of drug-likeness (QED) is 0.435. The van der Waals surface area contributed by atoms with Crippen LogP contribution < -0.4 is 5.32 Å². The monoisotopic (exact) mass is 546 g/mol. The maximum atomic E-state index is 12.9. The number of pyridine rings is 1. The number of thiophene rings is 1. The molecule has 3 aromatic rings. The first-order valence-corrected chi connectivity index (χ1v) is 14.5. The standard InChI is InChI=1S/C30H38N6O2S/c1-22-25-7-4-5-8-26(25)39-27(22)20-34(3)29(38)10-9-23-17-24-19-36(21-28(37)32-30(24)31-18-23)12-6-11-35-15-13-33(2)14-16-35/h4-5,7-10,17-18H,6,11-16,19-21H2,1-3H3,(H,31,32,37)/b10-9+. The lowest BCUT2D eigenvalue weighted by Crippen LogP contribution is -2.45. The first-order valence-electron chi connectivity index (χ1n) is 13.7. The lowest BCUT2D eigenvalue weighted by atomic mass is 10.1. The van der Waals surface area contributed by atoms with Crippen LogP contribution in [-0.4, -0.2) is 96.3 Å². The number of carbonyl (C=O) groups excluding carboxylic acids is 2. The van der Waals surface area contributed by atoms with Gasteiger partial charge < -0.3 is 20.0 Å². The van der Waals surface area contributed by atoms with E-state index in [1.165, 1.54) is 20.5 Å². The van der Waals surface area contributed by atoms with Crippen LogP contribution in [0, 0.1) is 6.92 Å². The maximum absolute atomic E-state index is 12.9. The number of likely N-dealkylation sites (N-methyl/N-ethyl adjacent to an activating group) is 2. The Morgan fingerprint density at radius 2 is 1.90 bits per heavy atom. The van der Waals surface area contributed by atoms with E-state index in [1.54, 1.807) is 28.5 Å². The number of nitrogens with one attached hydrogen (secondary N) is 1. The summed E-state index contributed by atoms with van der Waals surface area (Å²) in [6, 6.07) is 10.4. The van der Waals surface area contributed by atoms with Gasteiger partial charge in [-0.25, -0.2) is 4.98 Å². The van der Waals surface area contributed by atoms with Crippen molar-refractivity contribution in [3.63, 3.8) is 0 Å². The highest BCUT2D eigenvalue weighted by Gasteiger charge is 2.21. The summed E-state index contributed by atoms with van der Waals surface area (Å²) in [6.45, 7) is 10.1. The minimum atomic E-state index is -0.0550. The molecule has 0 spiro atoms. The summed E-state index contributed by atoms with van der Waals surface area (Å²) in [5.74, 6) is 0.528. The molecule has 2 aliphatic rings. The fraction of sp³-hybridized carbons (Fsp3) is 0.433. The van der Waals surface area contributed by atoms with E-state index >= 15 is 0 Å². The highest BCUT2D eigenvalue weighted by Crippen LogP contribution is 2.31. The molecule has 39 heavy (non-hydrogen) atoms. The number of hydrogen-bond donors (Lipinski definition) is 1. The lowest BCUT2D eigenvalue weighted by molar-refractivity contribution is -0.125. The summed E-state index contributed by atoms with van der Waals surface area (Å²) in [4.78, 5) is 39.9. The van der Waals surface area contributed by atoms with Gasteiger partial charge in [0.1, 0.15) is 5.82 Å². The number of nitrogens with zero attached hydrogens (tertiary/aromatic N) is 5. The second-order valence-electron chi connectivity index (χ2n) is 10.7. The Morgan fingerprint density at radius 3 is 2.69 bits per heavy atom. The normalized spacial score (nSPS) is 17.4. The Morgan fingerprint density at radius 1 is 1.13 bits per heavy atom. The van der Waals surface area contributed by atoms with E-state index in [-0.39, 0.29) is 11.8 Å². The van der Waals surface area contributed by atoms with Crippen LogP contribution in [0.4, 0.5) is 5.82 Å². The van der Waals surface area contributed by atoms with E-state index in [9.17, 15) is 9.59 Å². The fourth-order valence-corrected chi connectivity index (χ4v) is 6.50. The number of benzene rings is 1. The molecule has 206 valence electrons. The third-order valence-corrected chi connectivity index (χ3v) is 8.93. The van der Waals surface area contributed by atoms with E-state index in [4.69, 9.17) is 0 Å². The molecule has 0 aliphatic carbocycles. The average molecular weight is 547 g/mol. The van der Waals surface area contributed by atoms with Crippen molar-refractivity contribution in [2.45, 2.75) is 26.4 Å². The van der Waals surface area contributed by atoms with Crippen molar-refractivity contribution in [3.05, 3.63) is 64.2 Å². The molecule has 2 aliphatic heterocycles. The molecule has 0 unspecified atom stereocenters. The van der Waals surface area contributed by atoms with Crippen LogP contribution in [0.2, 0.25) is 0 Å². The van der Waals surface area contributed by atoms with Crippen LogP contribution >= 0.6 is 11.3 Å². The Kier molecular flexibility index (Phi) is 8.72. The molecular weight excluding hydrogens is 508 g/mol. The third kappa shape index (κ3) is 6.91. The topological polar surface area (TPSA) is 72.0 Å². The molecule has 1 aromatic carbocycles. The van der Waals surface area contributed by atoms with Gasteiger partial charge in [-0.1, -0.05) is 18.2 Å². The summed E-state index contributed by atoms with van der Waals surface area (Å²) in [5, 5.41) is 4.20. The Bertz CT molecular complexity index is 1360. The van der Waals surface area contributed by atoms with Crippen LogP contribution in [0.3, 0.4) is 0 Å². The molecule has 0 saturated carbocycles. The minimum absolute atomic E-state index is 0.0301. The zero-order valence-electron chi connectivity index (χ0n) is 23.2. The number of rotatable bonds is 8. The van der Waals surface area contributed by atoms with Crippen molar-refractivity contribution in [2.24, 2.45) is 0 Å². The fourth-order valence-electron chi connectivity index (χ4n) is 5.24. The van der Waals surface area contributed by atoms with Crippen molar-refractivity contribution in [1.29, 1.82) is 0 Å². The van der Waals surface area contributed by atoms with Gasteiger partial charge in [0, 0.05) is 73.7 Å². The second kappa shape index (κ2) is 12.4. The molecule has 0 radical (unpaired) electrons. The van der Waals surface area contributed by atoms with E-state index < -0.39 is 0 Å². The molecule has 1 saturated heterocycles. The average Bonchev–Trinajstić information content (AvgIpc) is 3.14. The van der Waals surface area contributed by atoms with Gasteiger partial charge in [-0.15, -0.1) is 11.3 Å². The van der Waals surface area contributed by atoms with Crippen molar-refractivity contribution in [3.8, 4) is 0 Å². The number of carbonyl (C=O) groups is 2. The highest BCUT2D eigenvalue weighted by molar-refractivity contribution is 7.19. The van der Waals surface area contributed by atoms with Gasteiger partial charge in [-0.3, -0.25) is 14.5 Å². The Labute approximate surface area is 234 Å². The molecule has 5 rings (SSSR count). The van der Waals surface area contributed by atoms with E-state index in [0.717, 1.165) is 56.8 Å². The molecule has 2 amide bonds. The zero-order valence-corrected chi connectivity index (χ0v) is 24.0. The molecule has 2 aromatic heterocycles. The largest absolute Gasteiger partial charge is 0.337 e. The first kappa shape index (κ1) is 27.5. The van der Waals surface area contributed by atoms with Gasteiger partial charge in [0.15, 0.2) is 0 Å². The SMILES string of the molecule is Cc1c(CN(C)C(=O)/C=C/c2cnc3c(c2)CN(CCCN2CCN(C)CC2)CC(=O)N3)sc2ccccc12. The van der Waals surface area contributed by atoms with Crippen molar-refractivity contribution in [2.75, 3.05) is 65.2 Å². The lowest BCUT2D eigenvalue weighted by Gasteiger charge is -2.32. The maximum Gasteiger partial charge on any atom is 0.246 e. The number of aromatic nitrogens is 1. The summed E-state index contributed by atoms with van der Waals surface area (Å²) < 4.78 is 1.25. The molecule has 9 heteroatoms. The molecule has 1 fully saturated rings. The van der Waals surface area contributed by atoms with Crippen LogP contribution in [0.25, 0.3) is 16.2 Å². The summed E-state index contributed by atoms with van der Waals surface area (Å²) in [7, 11) is 4.01. The van der Waals surface area contributed by atoms with Gasteiger partial charge in [-0.05, 0) is 61.7 Å². The van der Waals surface area contributed by atoms with E-state index in [0.29, 0.717) is 25.5 Å². The minimum Gasteiger partial charge on any atom is -0.337 e. The number of anilines is 1. The third-order valence-electron chi connectivity index (χ3n) is 7.67. The van der Waals surface area contributed by atoms with Gasteiger partial charge >= 0.3 is 0 Å². The van der Waals surface area contributed by atoms with Crippen LogP contribution in [0.15, 0.2) is 42.6 Å². The van der Waals surface area contributed by atoms with Crippen LogP contribution in [0.1, 0.15) is 28.0 Å². The van der Waals surface area contributed by atoms with Crippen LogP contribution in [0.5, 0.6) is 0 Å². The second-order valence-corrected chi connectivity index (χ2v) is 11.8. The van der Waals surface area contributed by atoms with Crippen molar-refractivity contribution < 1.29 is 9.59 Å². The summed E-state index contributed by atoms with van der Waals surface area (Å²) in [5.41, 5.74) is 3.07. The van der Waals surface area contributed by atoms with Crippen LogP contribution in [-0.2, 0) is 22.7 Å². The van der Waals surface area contributed by atoms with Gasteiger partial charge in [0.2, 0.25) is 11.8 Å². The van der Waals surface area contributed by atoms with Gasteiger partial charge in [0.05, 0.1) is 13.1 Å². The molecule has 4 heterocycles. The van der Waals surface area contributed by atoms with Gasteiger partial charge in [0.25, 0.3) is 0 Å². The molecule has 0 bridgehead atoms. The smallest absolute Gasteiger partial charge is 0.246 e. The van der Waals surface area contributed by atoms with Crippen molar-refractivity contribution >= 4 is 45.1 Å². The Balaban J connectivity index is 1.19. The predicted octanol–water partition coefficient (Wildman–Crippen LogP) is 3.67. The first-order chi connectivity index (χ1) is 18.9. The number of piperazine rings is 1. The molecule has 8 nitrogen and oxygen atoms in total. The highest BCUT2D eigenvalue weighted by atomic mass is 32.1. The molecule has 1 N–H and O–H groups in total. The predicted molar refractivity (Wildman–Crippen MR) is 159 cm³/mol. The number of aryl methyl sites for hydroxylation is 1. The van der Waals surface area contributed by atoms with Crippen molar-refractivity contribution in [1.82, 2.24) is 24.6 Å². The summed E-state index contributed by atoms with van der Waals surface area (Å²) >= 11 is 1.74. The van der Waals surface area contributed by atoms with Gasteiger partial charge in [-0.2, -0.15) is 0 Å². The molecular formula is C30H38N6O2S. The number of hydrogen-bond acceptors (Lipinski definition) is 7. The number of fused-ring (bicyclic) bond motifs is 2. The molecule has 0 atom stereocenters. The summed E-state index contributed by atoms with van der Waals surface area (Å²) in [6.07, 6.45) is 6.16.